The number of para-hydroxylation sites is 1. The molecule has 0 amide bonds. The maximum absolute atomic E-state index is 5.72. The molecule has 2 rings (SSSR count). The molecule has 1 unspecified atom stereocenters. The fourth-order valence-corrected chi connectivity index (χ4v) is 3.82. The van der Waals surface area contributed by atoms with E-state index in [4.69, 9.17) is 4.42 Å². The minimum absolute atomic E-state index is 0.664. The van der Waals surface area contributed by atoms with Crippen molar-refractivity contribution in [3.05, 3.63) is 41.3 Å². The van der Waals surface area contributed by atoms with E-state index >= 15 is 0 Å². The van der Waals surface area contributed by atoms with Crippen molar-refractivity contribution in [1.82, 2.24) is 0 Å². The van der Waals surface area contributed by atoms with E-state index in [1.54, 1.807) is 0 Å². The lowest BCUT2D eigenvalue weighted by molar-refractivity contribution is 0.494. The van der Waals surface area contributed by atoms with Crippen LogP contribution in [-0.4, -0.2) is 6.26 Å². The van der Waals surface area contributed by atoms with Gasteiger partial charge in [0.1, 0.15) is 5.58 Å². The molecule has 2 aromatic rings. The van der Waals surface area contributed by atoms with Gasteiger partial charge in [0.2, 0.25) is 0 Å². The molecule has 1 aromatic heterocycles. The zero-order chi connectivity index (χ0) is 14.4. The van der Waals surface area contributed by atoms with Crippen molar-refractivity contribution in [3.63, 3.8) is 0 Å². The summed E-state index contributed by atoms with van der Waals surface area (Å²) in [7, 11) is 0. The molecule has 0 aliphatic heterocycles. The zero-order valence-electron chi connectivity index (χ0n) is 12.8. The lowest BCUT2D eigenvalue weighted by Crippen LogP contribution is -2.10. The molecule has 1 atom stereocenters. The molecular formula is C18H25OS. The molecule has 0 spiro atoms. The molecule has 0 saturated heterocycles. The number of benzene rings is 1. The lowest BCUT2D eigenvalue weighted by atomic mass is 9.91. The van der Waals surface area contributed by atoms with Crippen LogP contribution in [0, 0.1) is 11.2 Å². The van der Waals surface area contributed by atoms with Gasteiger partial charge in [-0.3, -0.25) is 0 Å². The van der Waals surface area contributed by atoms with Gasteiger partial charge in [-0.05, 0) is 24.7 Å². The first-order valence-corrected chi connectivity index (χ1v) is 8.91. The smallest absolute Gasteiger partial charge is 0.134 e. The maximum Gasteiger partial charge on any atom is 0.134 e. The van der Waals surface area contributed by atoms with Gasteiger partial charge in [-0.25, -0.2) is 0 Å². The molecule has 0 aliphatic carbocycles. The van der Waals surface area contributed by atoms with E-state index in [9.17, 15) is 0 Å². The third-order valence-corrected chi connectivity index (χ3v) is 4.98. The number of furan rings is 1. The molecule has 1 heterocycles. The second kappa shape index (κ2) is 7.78. The minimum Gasteiger partial charge on any atom is -0.464 e. The Morgan fingerprint density at radius 3 is 2.70 bits per heavy atom. The number of hydrogen-bond acceptors (Lipinski definition) is 2. The van der Waals surface area contributed by atoms with Crippen LogP contribution in [0.15, 0.2) is 34.9 Å². The third kappa shape index (κ3) is 3.41. The van der Waals surface area contributed by atoms with E-state index in [1.807, 2.05) is 24.1 Å². The summed E-state index contributed by atoms with van der Waals surface area (Å²) in [5.74, 6) is 0.664. The van der Waals surface area contributed by atoms with E-state index in [1.165, 1.54) is 48.3 Å². The standard InChI is InChI=1S/C18H25OS/c1-4-6-7-10-14(5-2)18(20-3)16-13-19-17-12-9-8-11-15(16)17/h8-9,11-14H,4-7,10H2,1-3H3. The van der Waals surface area contributed by atoms with Crippen molar-refractivity contribution in [2.75, 3.05) is 6.26 Å². The summed E-state index contributed by atoms with van der Waals surface area (Å²) in [5.41, 5.74) is 2.30. The highest BCUT2D eigenvalue weighted by atomic mass is 32.2. The van der Waals surface area contributed by atoms with Crippen molar-refractivity contribution in [2.24, 2.45) is 5.92 Å². The lowest BCUT2D eigenvalue weighted by Gasteiger charge is -2.23. The SMILES string of the molecule is CCCCCC(CC)[C](SC)c1coc2ccccc12. The van der Waals surface area contributed by atoms with Crippen LogP contribution in [-0.2, 0) is 0 Å². The molecule has 0 N–H and O–H groups in total. The number of hydrogen-bond donors (Lipinski definition) is 0. The molecule has 0 bridgehead atoms. The second-order valence-corrected chi connectivity index (χ2v) is 6.16. The van der Waals surface area contributed by atoms with Crippen LogP contribution in [0.4, 0.5) is 0 Å². The Labute approximate surface area is 127 Å². The number of unbranched alkanes of at least 4 members (excludes halogenated alkanes) is 2. The van der Waals surface area contributed by atoms with Crippen LogP contribution in [0.3, 0.4) is 0 Å². The molecule has 20 heavy (non-hydrogen) atoms. The molecule has 0 fully saturated rings. The highest BCUT2D eigenvalue weighted by Gasteiger charge is 2.24. The third-order valence-electron chi connectivity index (χ3n) is 3.99. The second-order valence-electron chi connectivity index (χ2n) is 5.31. The van der Waals surface area contributed by atoms with Crippen LogP contribution >= 0.6 is 11.8 Å². The summed E-state index contributed by atoms with van der Waals surface area (Å²) < 4.78 is 5.72. The highest BCUT2D eigenvalue weighted by Crippen LogP contribution is 2.41. The number of fused-ring (bicyclic) bond motifs is 1. The topological polar surface area (TPSA) is 13.1 Å². The van der Waals surface area contributed by atoms with Gasteiger partial charge in [0.05, 0.1) is 11.5 Å². The van der Waals surface area contributed by atoms with Crippen molar-refractivity contribution in [1.29, 1.82) is 0 Å². The Morgan fingerprint density at radius 2 is 2.00 bits per heavy atom. The Kier molecular flexibility index (Phi) is 6.03. The van der Waals surface area contributed by atoms with Crippen molar-refractivity contribution >= 4 is 22.7 Å². The first kappa shape index (κ1) is 15.5. The average Bonchev–Trinajstić information content (AvgIpc) is 2.91. The van der Waals surface area contributed by atoms with E-state index in [0.29, 0.717) is 5.92 Å². The summed E-state index contributed by atoms with van der Waals surface area (Å²) in [6.07, 6.45) is 10.6. The summed E-state index contributed by atoms with van der Waals surface area (Å²) >= 11 is 1.89. The van der Waals surface area contributed by atoms with Gasteiger partial charge >= 0.3 is 0 Å². The van der Waals surface area contributed by atoms with Gasteiger partial charge in [-0.15, -0.1) is 0 Å². The molecule has 109 valence electrons. The molecule has 1 nitrogen and oxygen atoms in total. The molecule has 1 aromatic carbocycles. The normalized spacial score (nSPS) is 13.2. The number of rotatable bonds is 8. The number of thioether (sulfide) groups is 1. The van der Waals surface area contributed by atoms with Crippen LogP contribution in [0.25, 0.3) is 11.0 Å². The van der Waals surface area contributed by atoms with E-state index in [-0.39, 0.29) is 0 Å². The van der Waals surface area contributed by atoms with Gasteiger partial charge < -0.3 is 4.42 Å². The minimum atomic E-state index is 0.664. The first-order chi connectivity index (χ1) is 9.81. The van der Waals surface area contributed by atoms with Crippen molar-refractivity contribution in [2.45, 2.75) is 46.0 Å². The van der Waals surface area contributed by atoms with Gasteiger partial charge in [0.15, 0.2) is 0 Å². The molecule has 1 radical (unpaired) electrons. The largest absolute Gasteiger partial charge is 0.464 e. The summed E-state index contributed by atoms with van der Waals surface area (Å²) in [5, 5.41) is 2.75. The summed E-state index contributed by atoms with van der Waals surface area (Å²) in [6, 6.07) is 8.35. The predicted molar refractivity (Wildman–Crippen MR) is 90.0 cm³/mol. The fourth-order valence-electron chi connectivity index (χ4n) is 2.83. The summed E-state index contributed by atoms with van der Waals surface area (Å²) in [6.45, 7) is 4.57. The Balaban J connectivity index is 2.21. The van der Waals surface area contributed by atoms with E-state index < -0.39 is 0 Å². The molecule has 0 saturated carbocycles. The van der Waals surface area contributed by atoms with Gasteiger partial charge in [-0.1, -0.05) is 57.7 Å². The predicted octanol–water partition coefficient (Wildman–Crippen LogP) is 6.28. The first-order valence-electron chi connectivity index (χ1n) is 7.69. The maximum atomic E-state index is 5.72. The van der Waals surface area contributed by atoms with Crippen LogP contribution in [0.1, 0.15) is 51.5 Å². The van der Waals surface area contributed by atoms with E-state index in [2.05, 4.69) is 38.3 Å². The zero-order valence-corrected chi connectivity index (χ0v) is 13.6. The van der Waals surface area contributed by atoms with Gasteiger partial charge in [0.25, 0.3) is 0 Å². The quantitative estimate of drug-likeness (QED) is 0.530. The van der Waals surface area contributed by atoms with Crippen LogP contribution < -0.4 is 0 Å². The fraction of sp³-hybridized carbons (Fsp3) is 0.500. The van der Waals surface area contributed by atoms with Gasteiger partial charge in [0, 0.05) is 10.9 Å². The molecule has 2 heteroatoms. The monoisotopic (exact) mass is 289 g/mol. The molecule has 0 aliphatic rings. The summed E-state index contributed by atoms with van der Waals surface area (Å²) in [4.78, 5) is 0. The van der Waals surface area contributed by atoms with Crippen molar-refractivity contribution < 1.29 is 4.42 Å². The molecular weight excluding hydrogens is 264 g/mol. The van der Waals surface area contributed by atoms with Crippen molar-refractivity contribution in [3.8, 4) is 0 Å². The van der Waals surface area contributed by atoms with E-state index in [0.717, 1.165) is 5.58 Å². The Bertz CT molecular complexity index is 517. The Hall–Kier alpha value is -0.890. The van der Waals surface area contributed by atoms with Crippen LogP contribution in [0.2, 0.25) is 0 Å². The average molecular weight is 289 g/mol. The van der Waals surface area contributed by atoms with Crippen LogP contribution in [0.5, 0.6) is 0 Å². The van der Waals surface area contributed by atoms with Gasteiger partial charge in [-0.2, -0.15) is 11.8 Å². The highest BCUT2D eigenvalue weighted by molar-refractivity contribution is 8.01. The Morgan fingerprint density at radius 1 is 1.20 bits per heavy atom.